The topological polar surface area (TPSA) is 53.7 Å². The fourth-order valence-corrected chi connectivity index (χ4v) is 5.19. The Hall–Kier alpha value is -4.45. The van der Waals surface area contributed by atoms with Crippen molar-refractivity contribution < 1.29 is 4.79 Å². The summed E-state index contributed by atoms with van der Waals surface area (Å²) in [5.74, 6) is -0.0255. The number of aromatic nitrogens is 3. The van der Waals surface area contributed by atoms with Crippen LogP contribution in [-0.2, 0) is 0 Å². The van der Waals surface area contributed by atoms with E-state index in [4.69, 9.17) is 4.98 Å². The van der Waals surface area contributed by atoms with Crippen molar-refractivity contribution in [3.63, 3.8) is 0 Å². The van der Waals surface area contributed by atoms with Crippen LogP contribution in [0, 0.1) is 6.92 Å². The lowest BCUT2D eigenvalue weighted by atomic mass is 10.1. The molecule has 0 saturated carbocycles. The maximum Gasteiger partial charge on any atom is 0.259 e. The second-order valence-corrected chi connectivity index (χ2v) is 9.68. The van der Waals surface area contributed by atoms with Crippen molar-refractivity contribution in [1.82, 2.24) is 19.5 Å². The van der Waals surface area contributed by atoms with Crippen molar-refractivity contribution in [2.75, 3.05) is 24.5 Å². The van der Waals surface area contributed by atoms with E-state index in [2.05, 4.69) is 60.2 Å². The predicted molar refractivity (Wildman–Crippen MR) is 148 cm³/mol. The first-order valence-corrected chi connectivity index (χ1v) is 12.7. The van der Waals surface area contributed by atoms with Gasteiger partial charge in [-0.15, -0.1) is 0 Å². The molecule has 1 fully saturated rings. The second-order valence-electron chi connectivity index (χ2n) is 9.68. The average Bonchev–Trinajstić information content (AvgIpc) is 3.37. The molecule has 0 spiro atoms. The van der Waals surface area contributed by atoms with Gasteiger partial charge in [-0.3, -0.25) is 4.79 Å². The van der Waals surface area contributed by atoms with Crippen LogP contribution in [0.1, 0.15) is 22.8 Å². The van der Waals surface area contributed by atoms with Crippen molar-refractivity contribution >= 4 is 17.2 Å². The van der Waals surface area contributed by atoms with E-state index in [-0.39, 0.29) is 11.9 Å². The molecule has 1 aliphatic rings. The molecule has 1 amide bonds. The maximum absolute atomic E-state index is 13.8. The van der Waals surface area contributed by atoms with E-state index in [1.165, 1.54) is 11.3 Å². The van der Waals surface area contributed by atoms with E-state index in [0.29, 0.717) is 24.3 Å². The van der Waals surface area contributed by atoms with Crippen LogP contribution >= 0.6 is 0 Å². The molecule has 3 aromatic carbocycles. The highest BCUT2D eigenvalue weighted by atomic mass is 16.2. The summed E-state index contributed by atoms with van der Waals surface area (Å²) in [6.45, 7) is 6.37. The summed E-state index contributed by atoms with van der Waals surface area (Å²) in [4.78, 5) is 23.1. The van der Waals surface area contributed by atoms with Gasteiger partial charge in [0.1, 0.15) is 5.56 Å². The quantitative estimate of drug-likeness (QED) is 0.325. The fourth-order valence-electron chi connectivity index (χ4n) is 5.19. The standard InChI is InChI=1S/C31H29N5O/c1-22-10-9-15-26(18-22)35-17-16-34(21-23(35)2)31(37)27-20-32-36-29(25-13-7-4-8-14-25)19-28(33-30(27)36)24-11-5-3-6-12-24/h3-15,18-20,23H,16-17,21H2,1-2H3/t23-/m1/s1. The Labute approximate surface area is 216 Å². The van der Waals surface area contributed by atoms with Crippen molar-refractivity contribution in [2.24, 2.45) is 0 Å². The number of aryl methyl sites for hydroxylation is 1. The number of fused-ring (bicyclic) bond motifs is 1. The molecule has 184 valence electrons. The first-order chi connectivity index (χ1) is 18.1. The van der Waals surface area contributed by atoms with Gasteiger partial charge in [0.25, 0.3) is 5.91 Å². The normalized spacial score (nSPS) is 15.8. The summed E-state index contributed by atoms with van der Waals surface area (Å²) in [5.41, 5.74) is 7.31. The van der Waals surface area contributed by atoms with Gasteiger partial charge in [-0.25, -0.2) is 9.50 Å². The van der Waals surface area contributed by atoms with Crippen molar-refractivity contribution in [2.45, 2.75) is 19.9 Å². The molecule has 0 radical (unpaired) electrons. The first-order valence-electron chi connectivity index (χ1n) is 12.7. The lowest BCUT2D eigenvalue weighted by Crippen LogP contribution is -2.53. The van der Waals surface area contributed by atoms with Gasteiger partial charge in [-0.05, 0) is 37.6 Å². The van der Waals surface area contributed by atoms with Crippen molar-refractivity contribution in [3.05, 3.63) is 108 Å². The predicted octanol–water partition coefficient (Wildman–Crippen LogP) is 5.72. The van der Waals surface area contributed by atoms with E-state index >= 15 is 0 Å². The number of carbonyl (C=O) groups is 1. The van der Waals surface area contributed by atoms with Crippen LogP contribution in [0.25, 0.3) is 28.2 Å². The molecule has 6 heteroatoms. The first kappa shape index (κ1) is 23.0. The number of amides is 1. The number of hydrogen-bond acceptors (Lipinski definition) is 4. The van der Waals surface area contributed by atoms with E-state index in [1.54, 1.807) is 10.7 Å². The zero-order chi connectivity index (χ0) is 25.4. The minimum absolute atomic E-state index is 0.0255. The highest BCUT2D eigenvalue weighted by Crippen LogP contribution is 2.28. The van der Waals surface area contributed by atoms with Crippen LogP contribution in [0.3, 0.4) is 0 Å². The van der Waals surface area contributed by atoms with Gasteiger partial charge in [0.05, 0.1) is 17.6 Å². The summed E-state index contributed by atoms with van der Waals surface area (Å²) >= 11 is 0. The minimum Gasteiger partial charge on any atom is -0.365 e. The molecular weight excluding hydrogens is 458 g/mol. The van der Waals surface area contributed by atoms with Gasteiger partial charge in [-0.2, -0.15) is 5.10 Å². The number of benzene rings is 3. The Bertz CT molecular complexity index is 1560. The molecule has 0 unspecified atom stereocenters. The van der Waals surface area contributed by atoms with E-state index in [9.17, 15) is 4.79 Å². The molecule has 0 bridgehead atoms. The van der Waals surface area contributed by atoms with Crippen LogP contribution in [0.2, 0.25) is 0 Å². The van der Waals surface area contributed by atoms with E-state index < -0.39 is 0 Å². The third-order valence-corrected chi connectivity index (χ3v) is 7.09. The molecule has 37 heavy (non-hydrogen) atoms. The van der Waals surface area contributed by atoms with Gasteiger partial charge in [-0.1, -0.05) is 72.8 Å². The number of anilines is 1. The summed E-state index contributed by atoms with van der Waals surface area (Å²) in [7, 11) is 0. The van der Waals surface area contributed by atoms with Crippen LogP contribution in [0.5, 0.6) is 0 Å². The molecule has 6 rings (SSSR count). The third kappa shape index (κ3) is 4.35. The Kier molecular flexibility index (Phi) is 5.93. The fraction of sp³-hybridized carbons (Fsp3) is 0.194. The lowest BCUT2D eigenvalue weighted by Gasteiger charge is -2.41. The summed E-state index contributed by atoms with van der Waals surface area (Å²) in [6, 6.07) is 31.0. The Morgan fingerprint density at radius 3 is 2.30 bits per heavy atom. The summed E-state index contributed by atoms with van der Waals surface area (Å²) < 4.78 is 1.79. The van der Waals surface area contributed by atoms with Crippen LogP contribution < -0.4 is 4.90 Å². The van der Waals surface area contributed by atoms with Crippen molar-refractivity contribution in [1.29, 1.82) is 0 Å². The van der Waals surface area contributed by atoms with Crippen LogP contribution in [-0.4, -0.2) is 51.1 Å². The summed E-state index contributed by atoms with van der Waals surface area (Å²) in [5, 5.41) is 4.63. The highest BCUT2D eigenvalue weighted by Gasteiger charge is 2.30. The van der Waals surface area contributed by atoms with Gasteiger partial charge in [0.2, 0.25) is 0 Å². The van der Waals surface area contributed by atoms with Gasteiger partial charge in [0.15, 0.2) is 5.65 Å². The van der Waals surface area contributed by atoms with Gasteiger partial charge >= 0.3 is 0 Å². The lowest BCUT2D eigenvalue weighted by molar-refractivity contribution is 0.0728. The zero-order valence-corrected chi connectivity index (χ0v) is 21.1. The molecule has 0 N–H and O–H groups in total. The average molecular weight is 488 g/mol. The second kappa shape index (κ2) is 9.54. The highest BCUT2D eigenvalue weighted by molar-refractivity contribution is 6.00. The minimum atomic E-state index is -0.0255. The molecule has 2 aromatic heterocycles. The summed E-state index contributed by atoms with van der Waals surface area (Å²) in [6.07, 6.45) is 1.67. The molecule has 5 aromatic rings. The Morgan fingerprint density at radius 2 is 1.59 bits per heavy atom. The SMILES string of the molecule is Cc1cccc(N2CCN(C(=O)c3cnn4c(-c5ccccc5)cc(-c5ccccc5)nc34)C[C@H]2C)c1. The third-order valence-electron chi connectivity index (χ3n) is 7.09. The smallest absolute Gasteiger partial charge is 0.259 e. The molecular formula is C31H29N5O. The molecule has 3 heterocycles. The molecule has 1 aliphatic heterocycles. The van der Waals surface area contributed by atoms with Crippen LogP contribution in [0.4, 0.5) is 5.69 Å². The monoisotopic (exact) mass is 487 g/mol. The molecule has 1 atom stereocenters. The van der Waals surface area contributed by atoms with Crippen LogP contribution in [0.15, 0.2) is 97.2 Å². The number of carbonyl (C=O) groups excluding carboxylic acids is 1. The molecule has 0 aliphatic carbocycles. The van der Waals surface area contributed by atoms with Crippen molar-refractivity contribution in [3.8, 4) is 22.5 Å². The molecule has 1 saturated heterocycles. The number of hydrogen-bond donors (Lipinski definition) is 0. The number of rotatable bonds is 4. The Balaban J connectivity index is 1.36. The molecule has 6 nitrogen and oxygen atoms in total. The number of piperazine rings is 1. The number of nitrogens with zero attached hydrogens (tertiary/aromatic N) is 5. The van der Waals surface area contributed by atoms with Gasteiger partial charge in [0, 0.05) is 42.5 Å². The largest absolute Gasteiger partial charge is 0.365 e. The van der Waals surface area contributed by atoms with Gasteiger partial charge < -0.3 is 9.80 Å². The van der Waals surface area contributed by atoms with E-state index in [0.717, 1.165) is 29.1 Å². The maximum atomic E-state index is 13.8. The zero-order valence-electron chi connectivity index (χ0n) is 21.1. The Morgan fingerprint density at radius 1 is 0.865 bits per heavy atom. The van der Waals surface area contributed by atoms with E-state index in [1.807, 2.05) is 59.5 Å².